The highest BCUT2D eigenvalue weighted by Crippen LogP contribution is 2.28. The Morgan fingerprint density at radius 3 is 2.40 bits per heavy atom. The Balaban J connectivity index is 0.00000200. The van der Waals surface area contributed by atoms with Gasteiger partial charge in [0, 0.05) is 19.1 Å². The molecule has 1 saturated heterocycles. The fourth-order valence-electron chi connectivity index (χ4n) is 2.37. The molecular formula is C12H17ClF2N2O2S. The van der Waals surface area contributed by atoms with Crippen molar-refractivity contribution in [2.24, 2.45) is 5.73 Å². The third-order valence-corrected chi connectivity index (χ3v) is 5.33. The van der Waals surface area contributed by atoms with Gasteiger partial charge >= 0.3 is 0 Å². The number of piperidine rings is 1. The van der Waals surface area contributed by atoms with Crippen molar-refractivity contribution < 1.29 is 17.2 Å². The standard InChI is InChI=1S/C12H16F2N2O2S.ClH/c13-10-5-3-6-11(14)12(10)19(17,18)16-7-2-1-4-9(16)8-15;/h3,5-6,9H,1-2,4,7-8,15H2;1H. The van der Waals surface area contributed by atoms with Crippen LogP contribution in [0.25, 0.3) is 0 Å². The molecule has 0 saturated carbocycles. The van der Waals surface area contributed by atoms with Crippen molar-refractivity contribution in [2.75, 3.05) is 13.1 Å². The highest BCUT2D eigenvalue weighted by atomic mass is 35.5. The van der Waals surface area contributed by atoms with E-state index in [-0.39, 0.29) is 25.5 Å². The van der Waals surface area contributed by atoms with Gasteiger partial charge in [0.15, 0.2) is 4.90 Å². The number of nitrogens with two attached hydrogens (primary N) is 1. The number of benzene rings is 1. The van der Waals surface area contributed by atoms with Crippen LogP contribution in [0.2, 0.25) is 0 Å². The fraction of sp³-hybridized carbons (Fsp3) is 0.500. The van der Waals surface area contributed by atoms with Crippen molar-refractivity contribution >= 4 is 22.4 Å². The number of hydrogen-bond donors (Lipinski definition) is 1. The lowest BCUT2D eigenvalue weighted by Crippen LogP contribution is -2.47. The van der Waals surface area contributed by atoms with Gasteiger partial charge in [-0.1, -0.05) is 12.5 Å². The van der Waals surface area contributed by atoms with E-state index in [0.29, 0.717) is 12.8 Å². The van der Waals surface area contributed by atoms with Gasteiger partial charge < -0.3 is 5.73 Å². The molecule has 0 bridgehead atoms. The lowest BCUT2D eigenvalue weighted by molar-refractivity contribution is 0.256. The number of halogens is 3. The van der Waals surface area contributed by atoms with Crippen molar-refractivity contribution in [2.45, 2.75) is 30.2 Å². The van der Waals surface area contributed by atoms with Crippen molar-refractivity contribution in [3.05, 3.63) is 29.8 Å². The molecule has 1 heterocycles. The Morgan fingerprint density at radius 2 is 1.85 bits per heavy atom. The second-order valence-electron chi connectivity index (χ2n) is 4.55. The van der Waals surface area contributed by atoms with Gasteiger partial charge in [-0.05, 0) is 25.0 Å². The third kappa shape index (κ3) is 3.11. The van der Waals surface area contributed by atoms with Gasteiger partial charge in [0.25, 0.3) is 0 Å². The highest BCUT2D eigenvalue weighted by molar-refractivity contribution is 7.89. The molecule has 0 amide bonds. The number of sulfonamides is 1. The molecular weight excluding hydrogens is 310 g/mol. The van der Waals surface area contributed by atoms with Crippen LogP contribution in [0, 0.1) is 11.6 Å². The Labute approximate surface area is 123 Å². The van der Waals surface area contributed by atoms with Crippen LogP contribution < -0.4 is 5.73 Å². The first-order valence-corrected chi connectivity index (χ1v) is 7.58. The average Bonchev–Trinajstić information content (AvgIpc) is 2.38. The molecule has 0 aromatic heterocycles. The molecule has 1 aliphatic rings. The van der Waals surface area contributed by atoms with E-state index in [4.69, 9.17) is 5.73 Å². The van der Waals surface area contributed by atoms with E-state index in [0.717, 1.165) is 28.9 Å². The van der Waals surface area contributed by atoms with Crippen molar-refractivity contribution in [1.82, 2.24) is 4.31 Å². The first-order chi connectivity index (χ1) is 8.98. The van der Waals surface area contributed by atoms with Gasteiger partial charge in [-0.2, -0.15) is 4.31 Å². The van der Waals surface area contributed by atoms with Gasteiger partial charge in [0.05, 0.1) is 0 Å². The molecule has 114 valence electrons. The molecule has 1 fully saturated rings. The van der Waals surface area contributed by atoms with Crippen LogP contribution >= 0.6 is 12.4 Å². The van der Waals surface area contributed by atoms with Crippen molar-refractivity contribution in [1.29, 1.82) is 0 Å². The maximum atomic E-state index is 13.7. The summed E-state index contributed by atoms with van der Waals surface area (Å²) in [5.74, 6) is -2.14. The second kappa shape index (κ2) is 6.80. The zero-order valence-corrected chi connectivity index (χ0v) is 12.4. The van der Waals surface area contributed by atoms with Gasteiger partial charge in [0.2, 0.25) is 10.0 Å². The highest BCUT2D eigenvalue weighted by Gasteiger charge is 2.36. The topological polar surface area (TPSA) is 63.4 Å². The Bertz CT molecular complexity index is 548. The average molecular weight is 327 g/mol. The smallest absolute Gasteiger partial charge is 0.249 e. The summed E-state index contributed by atoms with van der Waals surface area (Å²) < 4.78 is 53.2. The predicted octanol–water partition coefficient (Wildman–Crippen LogP) is 1.89. The molecule has 0 spiro atoms. The summed E-state index contributed by atoms with van der Waals surface area (Å²) in [7, 11) is -4.18. The predicted molar refractivity (Wildman–Crippen MR) is 74.2 cm³/mol. The van der Waals surface area contributed by atoms with Gasteiger partial charge in [-0.3, -0.25) is 0 Å². The summed E-state index contributed by atoms with van der Waals surface area (Å²) in [5, 5.41) is 0. The molecule has 2 rings (SSSR count). The minimum atomic E-state index is -4.18. The lowest BCUT2D eigenvalue weighted by atomic mass is 10.1. The zero-order valence-electron chi connectivity index (χ0n) is 10.8. The molecule has 1 unspecified atom stereocenters. The van der Waals surface area contributed by atoms with Crippen molar-refractivity contribution in [3.8, 4) is 0 Å². The summed E-state index contributed by atoms with van der Waals surface area (Å²) in [6.45, 7) is 0.396. The van der Waals surface area contributed by atoms with E-state index < -0.39 is 32.6 Å². The molecule has 0 radical (unpaired) electrons. The van der Waals surface area contributed by atoms with Crippen LogP contribution in [0.4, 0.5) is 8.78 Å². The Kier molecular flexibility index (Phi) is 5.88. The maximum Gasteiger partial charge on any atom is 0.249 e. The van der Waals surface area contributed by atoms with Crippen LogP contribution in [0.3, 0.4) is 0 Å². The molecule has 1 aromatic carbocycles. The van der Waals surface area contributed by atoms with Crippen LogP contribution in [0.15, 0.2) is 23.1 Å². The number of rotatable bonds is 3. The first kappa shape index (κ1) is 17.3. The van der Waals surface area contributed by atoms with Crippen LogP contribution in [-0.2, 0) is 10.0 Å². The number of nitrogens with zero attached hydrogens (tertiary/aromatic N) is 1. The van der Waals surface area contributed by atoms with E-state index in [1.165, 1.54) is 0 Å². The van der Waals surface area contributed by atoms with E-state index in [2.05, 4.69) is 0 Å². The maximum absolute atomic E-state index is 13.7. The molecule has 1 atom stereocenters. The normalized spacial score (nSPS) is 20.4. The minimum absolute atomic E-state index is 0. The molecule has 8 heteroatoms. The Hall–Kier alpha value is -0.760. The van der Waals surface area contributed by atoms with Gasteiger partial charge in [-0.15, -0.1) is 12.4 Å². The van der Waals surface area contributed by atoms with E-state index >= 15 is 0 Å². The zero-order chi connectivity index (χ0) is 14.0. The SMILES string of the molecule is Cl.NCC1CCCCN1S(=O)(=O)c1c(F)cccc1F. The first-order valence-electron chi connectivity index (χ1n) is 6.14. The molecule has 1 aromatic rings. The molecule has 4 nitrogen and oxygen atoms in total. The second-order valence-corrected chi connectivity index (χ2v) is 6.38. The molecule has 2 N–H and O–H groups in total. The third-order valence-electron chi connectivity index (χ3n) is 3.33. The molecule has 20 heavy (non-hydrogen) atoms. The van der Waals surface area contributed by atoms with Gasteiger partial charge in [-0.25, -0.2) is 17.2 Å². The lowest BCUT2D eigenvalue weighted by Gasteiger charge is -2.33. The van der Waals surface area contributed by atoms with E-state index in [1.54, 1.807) is 0 Å². The van der Waals surface area contributed by atoms with Crippen LogP contribution in [-0.4, -0.2) is 31.9 Å². The minimum Gasteiger partial charge on any atom is -0.329 e. The summed E-state index contributed by atoms with van der Waals surface area (Å²) in [6, 6.07) is 2.63. The van der Waals surface area contributed by atoms with Crippen LogP contribution in [0.1, 0.15) is 19.3 Å². The monoisotopic (exact) mass is 326 g/mol. The van der Waals surface area contributed by atoms with Gasteiger partial charge in [0.1, 0.15) is 11.6 Å². The summed E-state index contributed by atoms with van der Waals surface area (Å²) >= 11 is 0. The largest absolute Gasteiger partial charge is 0.329 e. The molecule has 0 aliphatic carbocycles. The summed E-state index contributed by atoms with van der Waals surface area (Å²) in [6.07, 6.45) is 2.16. The fourth-order valence-corrected chi connectivity index (χ4v) is 4.19. The summed E-state index contributed by atoms with van der Waals surface area (Å²) in [5.41, 5.74) is 5.55. The van der Waals surface area contributed by atoms with E-state index in [9.17, 15) is 17.2 Å². The van der Waals surface area contributed by atoms with E-state index in [1.807, 2.05) is 0 Å². The summed E-state index contributed by atoms with van der Waals surface area (Å²) in [4.78, 5) is -0.879. The van der Waals surface area contributed by atoms with Crippen molar-refractivity contribution in [3.63, 3.8) is 0 Å². The molecule has 1 aliphatic heterocycles. The Morgan fingerprint density at radius 1 is 1.25 bits per heavy atom. The number of hydrogen-bond acceptors (Lipinski definition) is 3. The van der Waals surface area contributed by atoms with Crippen LogP contribution in [0.5, 0.6) is 0 Å². The quantitative estimate of drug-likeness (QED) is 0.922.